The van der Waals surface area contributed by atoms with Gasteiger partial charge in [-0.1, -0.05) is 6.07 Å². The van der Waals surface area contributed by atoms with Crippen LogP contribution in [0.15, 0.2) is 46.2 Å². The molecule has 2 bridgehead atoms. The highest BCUT2D eigenvalue weighted by Crippen LogP contribution is 2.36. The van der Waals surface area contributed by atoms with Gasteiger partial charge in [0, 0.05) is 25.8 Å². The molecule has 8 nitrogen and oxygen atoms in total. The first kappa shape index (κ1) is 23.2. The maximum Gasteiger partial charge on any atom is 0.275 e. The molecule has 0 saturated heterocycles. The number of carbonyl (C=O) groups is 2. The number of H-pyrrole nitrogens is 1. The number of aryl methyl sites for hydroxylation is 2. The lowest BCUT2D eigenvalue weighted by Crippen LogP contribution is -2.32. The van der Waals surface area contributed by atoms with Gasteiger partial charge in [0.25, 0.3) is 11.8 Å². The third-order valence-corrected chi connectivity index (χ3v) is 8.77. The van der Waals surface area contributed by atoms with Gasteiger partial charge in [-0.25, -0.2) is 8.42 Å². The molecule has 2 amide bonds. The third-order valence-electron chi connectivity index (χ3n) is 6.86. The average molecular weight is 494 g/mol. The molecule has 0 unspecified atom stereocenters. The molecule has 2 aliphatic heterocycles. The Balaban J connectivity index is 1.60. The smallest absolute Gasteiger partial charge is 0.275 e. The predicted octanol–water partition coefficient (Wildman–Crippen LogP) is 3.65. The Kier molecular flexibility index (Phi) is 5.47. The predicted molar refractivity (Wildman–Crippen MR) is 131 cm³/mol. The molecule has 1 aromatic heterocycles. The molecule has 3 heterocycles. The number of hydrogen-bond donors (Lipinski definition) is 1. The first-order valence-electron chi connectivity index (χ1n) is 11.4. The van der Waals surface area contributed by atoms with Crippen LogP contribution >= 0.6 is 0 Å². The monoisotopic (exact) mass is 493 g/mol. The fraction of sp³-hybridized carbons (Fsp3) is 0.308. The van der Waals surface area contributed by atoms with E-state index in [2.05, 4.69) is 4.98 Å². The van der Waals surface area contributed by atoms with E-state index in [9.17, 15) is 18.0 Å². The van der Waals surface area contributed by atoms with E-state index in [1.54, 1.807) is 45.0 Å². The first-order valence-corrected chi connectivity index (χ1v) is 12.9. The van der Waals surface area contributed by atoms with Crippen LogP contribution in [0, 0.1) is 13.8 Å². The second kappa shape index (κ2) is 8.27. The third kappa shape index (κ3) is 3.70. The zero-order valence-corrected chi connectivity index (χ0v) is 21.0. The van der Waals surface area contributed by atoms with E-state index < -0.39 is 15.7 Å². The van der Waals surface area contributed by atoms with Crippen LogP contribution in [0.2, 0.25) is 0 Å². The molecule has 35 heavy (non-hydrogen) atoms. The van der Waals surface area contributed by atoms with Gasteiger partial charge < -0.3 is 19.5 Å². The summed E-state index contributed by atoms with van der Waals surface area (Å²) in [4.78, 5) is 33.0. The van der Waals surface area contributed by atoms with Crippen molar-refractivity contribution in [3.63, 3.8) is 0 Å². The van der Waals surface area contributed by atoms with Gasteiger partial charge in [0.15, 0.2) is 0 Å². The van der Waals surface area contributed by atoms with Crippen molar-refractivity contribution in [2.75, 3.05) is 25.6 Å². The number of aromatic amines is 1. The van der Waals surface area contributed by atoms with Crippen molar-refractivity contribution < 1.29 is 22.7 Å². The number of hydrogen-bond acceptors (Lipinski definition) is 5. The van der Waals surface area contributed by atoms with Crippen LogP contribution in [-0.2, 0) is 22.8 Å². The van der Waals surface area contributed by atoms with Crippen LogP contribution in [-0.4, -0.2) is 50.8 Å². The van der Waals surface area contributed by atoms with Gasteiger partial charge in [-0.15, -0.1) is 0 Å². The SMILES string of the molecule is COc1ccc2c(c1)CN(C(=O)c1[nH]c3c(c1C)S(=O)(=O)c1cc(C)cc(c1)N(C)C3=O)CCC2. The van der Waals surface area contributed by atoms with E-state index in [1.807, 2.05) is 18.2 Å². The summed E-state index contributed by atoms with van der Waals surface area (Å²) in [5.74, 6) is -0.125. The van der Waals surface area contributed by atoms with Crippen molar-refractivity contribution in [3.05, 3.63) is 70.0 Å². The van der Waals surface area contributed by atoms with Crippen molar-refractivity contribution in [1.82, 2.24) is 9.88 Å². The lowest BCUT2D eigenvalue weighted by atomic mass is 10.0. The van der Waals surface area contributed by atoms with Gasteiger partial charge in [0.1, 0.15) is 22.0 Å². The lowest BCUT2D eigenvalue weighted by Gasteiger charge is -2.22. The zero-order chi connectivity index (χ0) is 25.1. The number of amides is 2. The highest BCUT2D eigenvalue weighted by Gasteiger charge is 2.37. The summed E-state index contributed by atoms with van der Waals surface area (Å²) in [6, 6.07) is 10.7. The summed E-state index contributed by atoms with van der Waals surface area (Å²) < 4.78 is 32.6. The molecule has 0 radical (unpaired) electrons. The molecule has 0 fully saturated rings. The van der Waals surface area contributed by atoms with Gasteiger partial charge >= 0.3 is 0 Å². The maximum absolute atomic E-state index is 13.7. The zero-order valence-electron chi connectivity index (χ0n) is 20.1. The number of methoxy groups -OCH3 is 1. The number of fused-ring (bicyclic) bond motifs is 4. The molecule has 0 spiro atoms. The number of nitrogens with one attached hydrogen (secondary N) is 1. The van der Waals surface area contributed by atoms with E-state index in [1.165, 1.54) is 11.0 Å². The summed E-state index contributed by atoms with van der Waals surface area (Å²) in [6.45, 7) is 4.25. The van der Waals surface area contributed by atoms with Gasteiger partial charge in [-0.05, 0) is 79.3 Å². The molecule has 2 aromatic carbocycles. The Morgan fingerprint density at radius 2 is 1.86 bits per heavy atom. The van der Waals surface area contributed by atoms with Crippen molar-refractivity contribution in [2.24, 2.45) is 0 Å². The molecule has 182 valence electrons. The van der Waals surface area contributed by atoms with Crippen LogP contribution in [0.5, 0.6) is 5.75 Å². The summed E-state index contributed by atoms with van der Waals surface area (Å²) in [6.07, 6.45) is 1.60. The summed E-state index contributed by atoms with van der Waals surface area (Å²) >= 11 is 0. The first-order chi connectivity index (χ1) is 16.6. The van der Waals surface area contributed by atoms with E-state index in [4.69, 9.17) is 4.74 Å². The Morgan fingerprint density at radius 3 is 2.60 bits per heavy atom. The van der Waals surface area contributed by atoms with Gasteiger partial charge in [0.05, 0.1) is 12.0 Å². The van der Waals surface area contributed by atoms with E-state index >= 15 is 0 Å². The molecule has 2 aliphatic rings. The number of anilines is 1. The maximum atomic E-state index is 13.7. The second-order valence-corrected chi connectivity index (χ2v) is 11.1. The average Bonchev–Trinajstić information content (AvgIpc) is 3.04. The number of nitrogens with zero attached hydrogens (tertiary/aromatic N) is 2. The van der Waals surface area contributed by atoms with Crippen LogP contribution in [0.3, 0.4) is 0 Å². The van der Waals surface area contributed by atoms with Crippen molar-refractivity contribution in [2.45, 2.75) is 43.0 Å². The van der Waals surface area contributed by atoms with E-state index in [-0.39, 0.29) is 32.6 Å². The largest absolute Gasteiger partial charge is 0.497 e. The highest BCUT2D eigenvalue weighted by molar-refractivity contribution is 7.91. The summed E-state index contributed by atoms with van der Waals surface area (Å²) in [5, 5.41) is 0. The second-order valence-electron chi connectivity index (χ2n) is 9.17. The Morgan fingerprint density at radius 1 is 1.09 bits per heavy atom. The van der Waals surface area contributed by atoms with E-state index in [0.29, 0.717) is 24.5 Å². The minimum atomic E-state index is -4.02. The van der Waals surface area contributed by atoms with E-state index in [0.717, 1.165) is 29.5 Å². The summed E-state index contributed by atoms with van der Waals surface area (Å²) in [5.41, 5.74) is 3.66. The van der Waals surface area contributed by atoms with Gasteiger partial charge in [-0.3, -0.25) is 9.59 Å². The topological polar surface area (TPSA) is 99.8 Å². The molecule has 5 rings (SSSR count). The molecule has 1 N–H and O–H groups in total. The number of rotatable bonds is 2. The lowest BCUT2D eigenvalue weighted by molar-refractivity contribution is 0.0739. The standard InChI is InChI=1S/C26H27N3O5S/c1-15-10-19-13-21(11-15)35(32,33)24-16(2)22(27-23(24)25(30)28(19)3)26(31)29-9-5-6-17-7-8-20(34-4)12-18(17)14-29/h7-8,10-13,27H,5-6,9,14H2,1-4H3. The van der Waals surface area contributed by atoms with Crippen molar-refractivity contribution in [1.29, 1.82) is 0 Å². The van der Waals surface area contributed by atoms with Gasteiger partial charge in [-0.2, -0.15) is 0 Å². The normalized spacial score (nSPS) is 16.6. The van der Waals surface area contributed by atoms with Crippen LogP contribution < -0.4 is 9.64 Å². The summed E-state index contributed by atoms with van der Waals surface area (Å²) in [7, 11) is -0.826. The Labute approximate surface area is 204 Å². The molecule has 0 atom stereocenters. The number of sulfone groups is 1. The number of ether oxygens (including phenoxy) is 1. The molecular formula is C26H27N3O5S. The van der Waals surface area contributed by atoms with Crippen molar-refractivity contribution in [3.8, 4) is 5.75 Å². The number of aromatic nitrogens is 1. The molecule has 0 saturated carbocycles. The van der Waals surface area contributed by atoms with Gasteiger partial charge in [0.2, 0.25) is 9.84 Å². The van der Waals surface area contributed by atoms with Crippen LogP contribution in [0.4, 0.5) is 5.69 Å². The number of carbonyl (C=O) groups excluding carboxylic acids is 2. The quantitative estimate of drug-likeness (QED) is 0.588. The fourth-order valence-electron chi connectivity index (χ4n) is 4.95. The van der Waals surface area contributed by atoms with Crippen LogP contribution in [0.25, 0.3) is 0 Å². The minimum Gasteiger partial charge on any atom is -0.497 e. The number of benzene rings is 2. The van der Waals surface area contributed by atoms with Crippen molar-refractivity contribution >= 4 is 27.3 Å². The molecule has 3 aromatic rings. The van der Waals surface area contributed by atoms with Crippen LogP contribution in [0.1, 0.15) is 49.7 Å². The Hall–Kier alpha value is -3.59. The minimum absolute atomic E-state index is 0.0882. The molecule has 9 heteroatoms. The molecular weight excluding hydrogens is 466 g/mol. The highest BCUT2D eigenvalue weighted by atomic mass is 32.2. The fourth-order valence-corrected chi connectivity index (χ4v) is 6.72. The Bertz CT molecular complexity index is 1490. The molecule has 0 aliphatic carbocycles.